The SMILES string of the molecule is C=C1[C@@H]2[C@H]3OC(=O)[C@@H](CN4CCC[C@H]4C(=O)O)[C@@H]3[C@@H](OC(=O)[C@@](C)(O)CO)CC(=C)[C@@H]2C[C@@H]1O. The summed E-state index contributed by atoms with van der Waals surface area (Å²) in [6.45, 7) is 9.13. The van der Waals surface area contributed by atoms with Crippen LogP contribution < -0.4 is 0 Å². The topological polar surface area (TPSA) is 154 Å². The fourth-order valence-electron chi connectivity index (χ4n) is 6.12. The molecule has 2 saturated heterocycles. The van der Waals surface area contributed by atoms with Crippen molar-refractivity contribution in [2.24, 2.45) is 23.7 Å². The molecule has 4 N–H and O–H groups in total. The van der Waals surface area contributed by atoms with Crippen molar-refractivity contribution in [3.63, 3.8) is 0 Å². The van der Waals surface area contributed by atoms with Crippen LogP contribution in [0.15, 0.2) is 24.3 Å². The predicted octanol–water partition coefficient (Wildman–Crippen LogP) is -0.139. The number of rotatable bonds is 6. The van der Waals surface area contributed by atoms with Crippen molar-refractivity contribution in [3.05, 3.63) is 24.3 Å². The third-order valence-corrected chi connectivity index (χ3v) is 8.02. The number of carbonyl (C=O) groups is 3. The van der Waals surface area contributed by atoms with Gasteiger partial charge in [-0.25, -0.2) is 4.79 Å². The van der Waals surface area contributed by atoms with Crippen molar-refractivity contribution in [2.45, 2.75) is 62.6 Å². The number of carbonyl (C=O) groups excluding carboxylic acids is 2. The minimum Gasteiger partial charge on any atom is -0.480 e. The second kappa shape index (κ2) is 9.07. The molecule has 4 aliphatic rings. The number of fused-ring (bicyclic) bond motifs is 3. The van der Waals surface area contributed by atoms with Crippen LogP contribution in [0, 0.1) is 23.7 Å². The van der Waals surface area contributed by atoms with Crippen LogP contribution in [-0.2, 0) is 23.9 Å². The zero-order chi connectivity index (χ0) is 24.9. The van der Waals surface area contributed by atoms with Crippen LogP contribution in [0.2, 0.25) is 0 Å². The zero-order valence-electron chi connectivity index (χ0n) is 19.3. The monoisotopic (exact) mass is 479 g/mol. The molecule has 0 radical (unpaired) electrons. The van der Waals surface area contributed by atoms with Crippen LogP contribution in [0.25, 0.3) is 0 Å². The lowest BCUT2D eigenvalue weighted by atomic mass is 9.78. The van der Waals surface area contributed by atoms with Gasteiger partial charge in [-0.1, -0.05) is 18.7 Å². The number of aliphatic carboxylic acids is 1. The van der Waals surface area contributed by atoms with Gasteiger partial charge >= 0.3 is 17.9 Å². The molecule has 0 aromatic carbocycles. The second-order valence-corrected chi connectivity index (χ2v) is 10.3. The molecule has 4 rings (SSSR count). The highest BCUT2D eigenvalue weighted by atomic mass is 16.6. The lowest BCUT2D eigenvalue weighted by Gasteiger charge is -2.33. The van der Waals surface area contributed by atoms with Gasteiger partial charge in [0.15, 0.2) is 5.60 Å². The van der Waals surface area contributed by atoms with Crippen molar-refractivity contribution < 1.29 is 44.3 Å². The summed E-state index contributed by atoms with van der Waals surface area (Å²) in [5, 5.41) is 39.7. The van der Waals surface area contributed by atoms with Crippen LogP contribution in [0.1, 0.15) is 32.6 Å². The largest absolute Gasteiger partial charge is 0.480 e. The Morgan fingerprint density at radius 1 is 1.32 bits per heavy atom. The summed E-state index contributed by atoms with van der Waals surface area (Å²) < 4.78 is 11.5. The van der Waals surface area contributed by atoms with E-state index in [9.17, 15) is 34.8 Å². The molecule has 0 bridgehead atoms. The van der Waals surface area contributed by atoms with E-state index in [1.165, 1.54) is 0 Å². The number of carboxylic acid groups (broad SMARTS) is 1. The number of likely N-dealkylation sites (tertiary alicyclic amines) is 1. The average molecular weight is 480 g/mol. The molecule has 10 heteroatoms. The van der Waals surface area contributed by atoms with Gasteiger partial charge in [0.1, 0.15) is 18.2 Å². The molecule has 2 aliphatic heterocycles. The molecule has 2 heterocycles. The van der Waals surface area contributed by atoms with Crippen molar-refractivity contribution in [2.75, 3.05) is 19.7 Å². The van der Waals surface area contributed by atoms with Crippen LogP contribution in [-0.4, -0.2) is 92.9 Å². The molecule has 9 atom stereocenters. The van der Waals surface area contributed by atoms with E-state index in [0.29, 0.717) is 31.4 Å². The van der Waals surface area contributed by atoms with E-state index >= 15 is 0 Å². The van der Waals surface area contributed by atoms with Gasteiger partial charge in [0.2, 0.25) is 0 Å². The lowest BCUT2D eigenvalue weighted by Crippen LogP contribution is -2.48. The van der Waals surface area contributed by atoms with E-state index in [1.807, 2.05) is 0 Å². The minimum absolute atomic E-state index is 0.125. The quantitative estimate of drug-likeness (QED) is 0.299. The van der Waals surface area contributed by atoms with E-state index in [0.717, 1.165) is 12.5 Å². The van der Waals surface area contributed by atoms with Gasteiger partial charge in [-0.15, -0.1) is 0 Å². The highest BCUT2D eigenvalue weighted by Crippen LogP contribution is 2.53. The molecule has 0 unspecified atom stereocenters. The van der Waals surface area contributed by atoms with Gasteiger partial charge < -0.3 is 29.9 Å². The van der Waals surface area contributed by atoms with Crippen LogP contribution in [0.5, 0.6) is 0 Å². The minimum atomic E-state index is -2.12. The van der Waals surface area contributed by atoms with Crippen molar-refractivity contribution >= 4 is 17.9 Å². The van der Waals surface area contributed by atoms with Gasteiger partial charge in [0.05, 0.1) is 18.6 Å². The Morgan fingerprint density at radius 3 is 2.68 bits per heavy atom. The second-order valence-electron chi connectivity index (χ2n) is 10.3. The van der Waals surface area contributed by atoms with Crippen LogP contribution in [0.4, 0.5) is 0 Å². The maximum Gasteiger partial charge on any atom is 0.340 e. The van der Waals surface area contributed by atoms with Crippen molar-refractivity contribution in [1.82, 2.24) is 4.90 Å². The number of carboxylic acids is 1. The van der Waals surface area contributed by atoms with E-state index in [4.69, 9.17) is 9.47 Å². The van der Waals surface area contributed by atoms with Gasteiger partial charge in [-0.05, 0) is 44.2 Å². The molecule has 34 heavy (non-hydrogen) atoms. The highest BCUT2D eigenvalue weighted by molar-refractivity contribution is 5.80. The third kappa shape index (κ3) is 4.17. The normalized spacial score (nSPS) is 39.7. The molecule has 0 amide bonds. The summed E-state index contributed by atoms with van der Waals surface area (Å²) >= 11 is 0. The fourth-order valence-corrected chi connectivity index (χ4v) is 6.12. The van der Waals surface area contributed by atoms with E-state index < -0.39 is 72.2 Å². The number of aliphatic hydroxyl groups excluding tert-OH is 2. The maximum absolute atomic E-state index is 13.1. The van der Waals surface area contributed by atoms with Gasteiger partial charge in [0.25, 0.3) is 0 Å². The highest BCUT2D eigenvalue weighted by Gasteiger charge is 2.60. The Hall–Kier alpha value is -2.27. The standard InChI is InChI=1S/C24H33NO9/c1-11-7-17(33-23(31)24(3,32)10-26)19-14(9-25-6-4-5-15(25)21(28)29)22(30)34-20(19)18-12(2)16(27)8-13(11)18/h13-20,26-27,32H,1-2,4-10H2,3H3,(H,28,29)/t13-,14-,15-,16-,17-,18-,19+,20+,24-/m0/s1. The molecule has 4 fully saturated rings. The first-order chi connectivity index (χ1) is 16.0. The smallest absolute Gasteiger partial charge is 0.340 e. The first kappa shape index (κ1) is 24.8. The molecule has 2 saturated carbocycles. The number of ether oxygens (including phenoxy) is 2. The van der Waals surface area contributed by atoms with Gasteiger partial charge in [0, 0.05) is 24.8 Å². The summed E-state index contributed by atoms with van der Waals surface area (Å²) in [5.74, 6) is -4.56. The number of hydrogen-bond acceptors (Lipinski definition) is 9. The lowest BCUT2D eigenvalue weighted by molar-refractivity contribution is -0.177. The van der Waals surface area contributed by atoms with Crippen LogP contribution >= 0.6 is 0 Å². The van der Waals surface area contributed by atoms with Gasteiger partial charge in [-0.2, -0.15) is 0 Å². The summed E-state index contributed by atoms with van der Waals surface area (Å²) in [6, 6.07) is -0.709. The first-order valence-electron chi connectivity index (χ1n) is 11.7. The molecule has 10 nitrogen and oxygen atoms in total. The van der Waals surface area contributed by atoms with Gasteiger partial charge in [-0.3, -0.25) is 14.5 Å². The summed E-state index contributed by atoms with van der Waals surface area (Å²) in [6.07, 6.45) is -0.673. The fraction of sp³-hybridized carbons (Fsp3) is 0.708. The third-order valence-electron chi connectivity index (χ3n) is 8.02. The Kier molecular flexibility index (Phi) is 6.63. The molecular formula is C24H33NO9. The first-order valence-corrected chi connectivity index (χ1v) is 11.7. The zero-order valence-corrected chi connectivity index (χ0v) is 19.3. The van der Waals surface area contributed by atoms with Crippen LogP contribution in [0.3, 0.4) is 0 Å². The Morgan fingerprint density at radius 2 is 2.03 bits per heavy atom. The van der Waals surface area contributed by atoms with E-state index in [-0.39, 0.29) is 18.9 Å². The molecule has 0 aromatic heterocycles. The summed E-state index contributed by atoms with van der Waals surface area (Å²) in [4.78, 5) is 39.2. The molecule has 2 aliphatic carbocycles. The number of esters is 2. The average Bonchev–Trinajstić information content (AvgIpc) is 3.43. The van der Waals surface area contributed by atoms with Crippen molar-refractivity contribution in [3.8, 4) is 0 Å². The maximum atomic E-state index is 13.1. The molecular weight excluding hydrogens is 446 g/mol. The predicted molar refractivity (Wildman–Crippen MR) is 117 cm³/mol. The Bertz CT molecular complexity index is 899. The molecule has 188 valence electrons. The van der Waals surface area contributed by atoms with Crippen molar-refractivity contribution in [1.29, 1.82) is 0 Å². The summed E-state index contributed by atoms with van der Waals surface area (Å²) in [5.41, 5.74) is -0.868. The molecule has 0 spiro atoms. The molecule has 0 aromatic rings. The summed E-state index contributed by atoms with van der Waals surface area (Å²) in [7, 11) is 0. The van der Waals surface area contributed by atoms with E-state index in [2.05, 4.69) is 13.2 Å². The Balaban J connectivity index is 1.69. The van der Waals surface area contributed by atoms with E-state index in [1.54, 1.807) is 4.90 Å². The number of nitrogens with zero attached hydrogens (tertiary/aromatic N) is 1. The Labute approximate surface area is 197 Å². The number of hydrogen-bond donors (Lipinski definition) is 4. The number of aliphatic hydroxyl groups is 3.